The van der Waals surface area contributed by atoms with Crippen LogP contribution in [0.25, 0.3) is 6.08 Å². The molecule has 0 aromatic heterocycles. The molecule has 5 aliphatic rings. The molecule has 0 radical (unpaired) electrons. The van der Waals surface area contributed by atoms with E-state index in [2.05, 4.69) is 5.32 Å². The zero-order valence-electron chi connectivity index (χ0n) is 23.9. The molecule has 6 bridgehead atoms. The second-order valence-corrected chi connectivity index (χ2v) is 12.5. The monoisotopic (exact) mass is 580 g/mol. The number of halogens is 3. The molecule has 2 amide bonds. The van der Waals surface area contributed by atoms with Crippen LogP contribution in [0.5, 0.6) is 5.75 Å². The van der Waals surface area contributed by atoms with Crippen LogP contribution in [0.4, 0.5) is 13.2 Å². The summed E-state index contributed by atoms with van der Waals surface area (Å²) in [6, 6.07) is 8.78. The Balaban J connectivity index is 1.49. The zero-order chi connectivity index (χ0) is 30.0. The van der Waals surface area contributed by atoms with Gasteiger partial charge in [0.2, 0.25) is 5.91 Å². The molecule has 0 unspecified atom stereocenters. The van der Waals surface area contributed by atoms with Crippen LogP contribution in [-0.2, 0) is 4.79 Å². The van der Waals surface area contributed by atoms with Gasteiger partial charge in [0.15, 0.2) is 5.96 Å². The molecule has 0 spiro atoms. The van der Waals surface area contributed by atoms with E-state index in [1.54, 1.807) is 0 Å². The SMILES string of the molecule is CC[C@@]12CC/C=C\c3ccc4c(c3)[C@H](CC(C)(C)O4)NC(=O)c3ccc4c(c3)[C@@H](C[C@H]4C(F)(F)F)N(C(=O)C1)C(N)=N2. The highest BCUT2D eigenvalue weighted by atomic mass is 19.4. The lowest BCUT2D eigenvalue weighted by molar-refractivity contribution is -0.153. The van der Waals surface area contributed by atoms with Crippen molar-refractivity contribution < 1.29 is 27.5 Å². The van der Waals surface area contributed by atoms with Gasteiger partial charge in [-0.1, -0.05) is 31.2 Å². The summed E-state index contributed by atoms with van der Waals surface area (Å²) in [6.45, 7) is 5.85. The van der Waals surface area contributed by atoms with Crippen molar-refractivity contribution in [3.8, 4) is 5.75 Å². The Hall–Kier alpha value is -3.82. The molecule has 0 saturated heterocycles. The first-order valence-electron chi connectivity index (χ1n) is 14.5. The summed E-state index contributed by atoms with van der Waals surface area (Å²) in [6.07, 6.45) is 1.43. The van der Waals surface area contributed by atoms with E-state index in [4.69, 9.17) is 15.5 Å². The number of nitrogens with zero attached hydrogens (tertiary/aromatic N) is 2. The number of aliphatic imine (C=N–C) groups is 1. The van der Waals surface area contributed by atoms with Gasteiger partial charge >= 0.3 is 6.18 Å². The fourth-order valence-electron chi connectivity index (χ4n) is 6.96. The number of alkyl halides is 3. The molecule has 4 aliphatic heterocycles. The van der Waals surface area contributed by atoms with Gasteiger partial charge in [0.1, 0.15) is 11.4 Å². The van der Waals surface area contributed by atoms with Gasteiger partial charge in [-0.15, -0.1) is 0 Å². The number of amides is 2. The first kappa shape index (κ1) is 28.3. The van der Waals surface area contributed by atoms with Crippen molar-refractivity contribution >= 4 is 23.8 Å². The van der Waals surface area contributed by atoms with Crippen LogP contribution in [0.2, 0.25) is 0 Å². The molecule has 4 heterocycles. The maximum absolute atomic E-state index is 14.2. The molecule has 1 aliphatic carbocycles. The molecule has 7 rings (SSSR count). The highest BCUT2D eigenvalue weighted by Crippen LogP contribution is 2.52. The third kappa shape index (κ3) is 4.94. The van der Waals surface area contributed by atoms with Gasteiger partial charge in [-0.3, -0.25) is 14.5 Å². The Morgan fingerprint density at radius 3 is 2.62 bits per heavy atom. The number of guanidine groups is 1. The van der Waals surface area contributed by atoms with Gasteiger partial charge in [-0.05, 0) is 80.5 Å². The van der Waals surface area contributed by atoms with Crippen LogP contribution >= 0.6 is 0 Å². The standard InChI is InChI=1S/C32H35F3N4O3/c1-4-31-12-6-5-7-18-8-11-26-22(13-18)24(16-30(2,3)42-26)37-28(41)19-9-10-20-21(14-19)25(15-23(20)32(33,34)35)39(27(40)17-31)29(36)38-31/h5,7-11,13-14,23-25H,4,6,12,15-17H2,1-3H3,(H2,36,38)(H,37,41)/b7-5-/t23-,24+,25-,31-/m1/s1. The Morgan fingerprint density at radius 1 is 1.12 bits per heavy atom. The van der Waals surface area contributed by atoms with Gasteiger partial charge < -0.3 is 15.8 Å². The lowest BCUT2D eigenvalue weighted by Crippen LogP contribution is -2.52. The van der Waals surface area contributed by atoms with Crippen LogP contribution < -0.4 is 15.8 Å². The van der Waals surface area contributed by atoms with E-state index in [1.807, 2.05) is 51.1 Å². The molecule has 7 nitrogen and oxygen atoms in total. The maximum Gasteiger partial charge on any atom is 0.395 e. The number of hydrogen-bond acceptors (Lipinski definition) is 5. The molecule has 10 heteroatoms. The third-order valence-corrected chi connectivity index (χ3v) is 9.14. The smallest absolute Gasteiger partial charge is 0.395 e. The largest absolute Gasteiger partial charge is 0.487 e. The highest BCUT2D eigenvalue weighted by Gasteiger charge is 2.52. The minimum absolute atomic E-state index is 0.0500. The molecule has 2 aromatic rings. The number of nitrogens with two attached hydrogens (primary N) is 1. The van der Waals surface area contributed by atoms with E-state index in [9.17, 15) is 22.8 Å². The highest BCUT2D eigenvalue weighted by molar-refractivity contribution is 6.00. The molecule has 4 atom stereocenters. The van der Waals surface area contributed by atoms with E-state index < -0.39 is 35.2 Å². The fraction of sp³-hybridized carbons (Fsp3) is 0.469. The molecule has 3 N–H and O–H groups in total. The topological polar surface area (TPSA) is 97.0 Å². The second-order valence-electron chi connectivity index (χ2n) is 12.5. The summed E-state index contributed by atoms with van der Waals surface area (Å²) in [5.41, 5.74) is 7.44. The Bertz CT molecular complexity index is 1510. The third-order valence-electron chi connectivity index (χ3n) is 9.14. The van der Waals surface area contributed by atoms with Crippen molar-refractivity contribution in [3.05, 3.63) is 70.3 Å². The summed E-state index contributed by atoms with van der Waals surface area (Å²) >= 11 is 0. The second kappa shape index (κ2) is 9.88. The van der Waals surface area contributed by atoms with E-state index in [-0.39, 0.29) is 47.4 Å². The summed E-state index contributed by atoms with van der Waals surface area (Å²) in [5, 5.41) is 3.10. The molecule has 0 saturated carbocycles. The van der Waals surface area contributed by atoms with Gasteiger partial charge in [0.05, 0.1) is 30.0 Å². The molecular weight excluding hydrogens is 545 g/mol. The Morgan fingerprint density at radius 2 is 1.90 bits per heavy atom. The van der Waals surface area contributed by atoms with Crippen molar-refractivity contribution in [2.45, 2.75) is 94.6 Å². The average molecular weight is 581 g/mol. The van der Waals surface area contributed by atoms with Crippen LogP contribution in [0.3, 0.4) is 0 Å². The number of benzene rings is 2. The fourth-order valence-corrected chi connectivity index (χ4v) is 6.96. The van der Waals surface area contributed by atoms with Crippen molar-refractivity contribution in [1.29, 1.82) is 0 Å². The number of hydrogen-bond donors (Lipinski definition) is 2. The van der Waals surface area contributed by atoms with Crippen LogP contribution in [-0.4, -0.2) is 40.0 Å². The number of rotatable bonds is 1. The minimum Gasteiger partial charge on any atom is -0.487 e. The van der Waals surface area contributed by atoms with Crippen molar-refractivity contribution in [2.75, 3.05) is 0 Å². The van der Waals surface area contributed by atoms with Crippen LogP contribution in [0.15, 0.2) is 47.5 Å². The van der Waals surface area contributed by atoms with Gasteiger partial charge in [-0.25, -0.2) is 4.99 Å². The number of carbonyl (C=O) groups is 2. The Labute approximate surface area is 243 Å². The number of carbonyl (C=O) groups excluding carboxylic acids is 2. The van der Waals surface area contributed by atoms with Crippen molar-refractivity contribution in [2.24, 2.45) is 10.7 Å². The Kier molecular flexibility index (Phi) is 6.66. The summed E-state index contributed by atoms with van der Waals surface area (Å²) in [5.74, 6) is -1.94. The van der Waals surface area contributed by atoms with Gasteiger partial charge in [0, 0.05) is 17.5 Å². The molecular formula is C32H35F3N4O3. The van der Waals surface area contributed by atoms with E-state index in [0.29, 0.717) is 31.4 Å². The summed E-state index contributed by atoms with van der Waals surface area (Å²) in [4.78, 5) is 33.2. The zero-order valence-corrected chi connectivity index (χ0v) is 23.9. The molecule has 2 aromatic carbocycles. The normalized spacial score (nSPS) is 29.2. The number of ether oxygens (including phenoxy) is 1. The number of allylic oxidation sites excluding steroid dienone is 1. The summed E-state index contributed by atoms with van der Waals surface area (Å²) < 4.78 is 48.9. The quantitative estimate of drug-likeness (QED) is 0.413. The lowest BCUT2D eigenvalue weighted by atomic mass is 9.85. The van der Waals surface area contributed by atoms with Crippen molar-refractivity contribution in [3.63, 3.8) is 0 Å². The number of fused-ring (bicyclic) bond motifs is 4. The average Bonchev–Trinajstić information content (AvgIpc) is 3.29. The molecule has 0 fully saturated rings. The maximum atomic E-state index is 14.2. The number of nitrogens with one attached hydrogen (secondary N) is 1. The van der Waals surface area contributed by atoms with E-state index in [1.165, 1.54) is 23.1 Å². The predicted molar refractivity (Wildman–Crippen MR) is 153 cm³/mol. The minimum atomic E-state index is -4.53. The van der Waals surface area contributed by atoms with Gasteiger partial charge in [0.25, 0.3) is 5.91 Å². The predicted octanol–water partition coefficient (Wildman–Crippen LogP) is 6.31. The molecule has 42 heavy (non-hydrogen) atoms. The van der Waals surface area contributed by atoms with Gasteiger partial charge in [-0.2, -0.15) is 13.2 Å². The first-order valence-corrected chi connectivity index (χ1v) is 14.5. The van der Waals surface area contributed by atoms with E-state index in [0.717, 1.165) is 11.1 Å². The van der Waals surface area contributed by atoms with Crippen LogP contribution in [0, 0.1) is 0 Å². The van der Waals surface area contributed by atoms with Crippen molar-refractivity contribution in [1.82, 2.24) is 10.2 Å². The van der Waals surface area contributed by atoms with E-state index >= 15 is 0 Å². The molecule has 222 valence electrons. The first-order chi connectivity index (χ1) is 19.8. The van der Waals surface area contributed by atoms with Crippen LogP contribution in [0.1, 0.15) is 110 Å². The lowest BCUT2D eigenvalue weighted by Gasteiger charge is -2.40. The summed E-state index contributed by atoms with van der Waals surface area (Å²) in [7, 11) is 0.